The zero-order valence-electron chi connectivity index (χ0n) is 17.4. The van der Waals surface area contributed by atoms with Crippen molar-refractivity contribution in [1.29, 1.82) is 0 Å². The van der Waals surface area contributed by atoms with E-state index in [4.69, 9.17) is 15.7 Å². The predicted octanol–water partition coefficient (Wildman–Crippen LogP) is 6.14. The third kappa shape index (κ3) is 3.46. The van der Waals surface area contributed by atoms with Gasteiger partial charge in [0.15, 0.2) is 17.4 Å². The molecule has 1 N–H and O–H groups in total. The van der Waals surface area contributed by atoms with Crippen molar-refractivity contribution in [3.63, 3.8) is 0 Å². The van der Waals surface area contributed by atoms with Crippen molar-refractivity contribution in [3.8, 4) is 17.2 Å². The molecule has 1 aliphatic rings. The molecule has 6 rings (SSSR count). The Labute approximate surface area is 189 Å². The molecule has 33 heavy (non-hydrogen) atoms. The highest BCUT2D eigenvalue weighted by atomic mass is 16.5. The minimum atomic E-state index is -0.565. The van der Waals surface area contributed by atoms with Gasteiger partial charge in [-0.15, -0.1) is 0 Å². The number of amides is 1. The van der Waals surface area contributed by atoms with Gasteiger partial charge in [0.25, 0.3) is 5.91 Å². The zero-order valence-corrected chi connectivity index (χ0v) is 17.4. The van der Waals surface area contributed by atoms with Crippen LogP contribution in [0, 0.1) is 6.57 Å². The predicted molar refractivity (Wildman–Crippen MR) is 126 cm³/mol. The highest BCUT2D eigenvalue weighted by molar-refractivity contribution is 5.96. The van der Waals surface area contributed by atoms with E-state index in [1.807, 2.05) is 48.5 Å². The minimum absolute atomic E-state index is 0.184. The van der Waals surface area contributed by atoms with Gasteiger partial charge in [0.05, 0.1) is 12.1 Å². The van der Waals surface area contributed by atoms with Crippen LogP contribution in [0.15, 0.2) is 83.3 Å². The number of nitrogens with zero attached hydrogens (tertiary/aromatic N) is 2. The topological polar surface area (TPSA) is 68.7 Å². The zero-order chi connectivity index (χ0) is 22.4. The number of anilines is 1. The summed E-state index contributed by atoms with van der Waals surface area (Å²) in [7, 11) is 0. The molecule has 1 amide bonds. The maximum Gasteiger partial charge on any atom is 0.265 e. The number of rotatable bonds is 3. The summed E-state index contributed by atoms with van der Waals surface area (Å²) < 4.78 is 11.7. The summed E-state index contributed by atoms with van der Waals surface area (Å²) in [6, 6.07) is 24.6. The molecule has 0 spiro atoms. The first-order valence-electron chi connectivity index (χ1n) is 10.5. The molecule has 1 atom stereocenters. The third-order valence-corrected chi connectivity index (χ3v) is 5.80. The van der Waals surface area contributed by atoms with Crippen molar-refractivity contribution < 1.29 is 13.9 Å². The lowest BCUT2D eigenvalue weighted by molar-refractivity contribution is -0.122. The Bertz CT molecular complexity index is 1530. The quantitative estimate of drug-likeness (QED) is 0.348. The summed E-state index contributed by atoms with van der Waals surface area (Å²) in [6.45, 7) is 7.13. The van der Waals surface area contributed by atoms with Crippen molar-refractivity contribution in [1.82, 2.24) is 4.98 Å². The number of benzene rings is 4. The molecular weight excluding hydrogens is 414 g/mol. The number of hydrogen-bond donors (Lipinski definition) is 1. The number of hydrogen-bond acceptors (Lipinski definition) is 4. The fourth-order valence-corrected chi connectivity index (χ4v) is 4.10. The van der Waals surface area contributed by atoms with Gasteiger partial charge in [0, 0.05) is 17.7 Å². The SMILES string of the molecule is [C-]#[N+]c1ccc2oc(-c3ccc(NC(=O)C4Cc5cc6ccccc6cc5O4)cc3)nc2c1. The summed E-state index contributed by atoms with van der Waals surface area (Å²) in [5, 5.41) is 5.17. The summed E-state index contributed by atoms with van der Waals surface area (Å²) >= 11 is 0. The van der Waals surface area contributed by atoms with Crippen LogP contribution in [0.4, 0.5) is 11.4 Å². The number of carbonyl (C=O) groups is 1. The smallest absolute Gasteiger partial charge is 0.265 e. The van der Waals surface area contributed by atoms with Gasteiger partial charge in [-0.3, -0.25) is 4.79 Å². The van der Waals surface area contributed by atoms with E-state index in [2.05, 4.69) is 27.3 Å². The monoisotopic (exact) mass is 431 g/mol. The van der Waals surface area contributed by atoms with Crippen LogP contribution in [0.25, 0.3) is 38.2 Å². The van der Waals surface area contributed by atoms with E-state index in [0.29, 0.717) is 34.8 Å². The lowest BCUT2D eigenvalue weighted by Gasteiger charge is -2.11. The van der Waals surface area contributed by atoms with E-state index in [-0.39, 0.29) is 5.91 Å². The molecule has 6 nitrogen and oxygen atoms in total. The Morgan fingerprint density at radius 3 is 2.58 bits per heavy atom. The van der Waals surface area contributed by atoms with E-state index in [1.54, 1.807) is 18.2 Å². The van der Waals surface area contributed by atoms with E-state index in [1.165, 1.54) is 0 Å². The largest absolute Gasteiger partial charge is 0.480 e. The molecule has 0 radical (unpaired) electrons. The number of carbonyl (C=O) groups excluding carboxylic acids is 1. The molecule has 158 valence electrons. The second kappa shape index (κ2) is 7.50. The highest BCUT2D eigenvalue weighted by Crippen LogP contribution is 2.34. The second-order valence-corrected chi connectivity index (χ2v) is 7.97. The molecule has 0 saturated carbocycles. The van der Waals surface area contributed by atoms with E-state index in [0.717, 1.165) is 27.6 Å². The summed E-state index contributed by atoms with van der Waals surface area (Å²) in [5.74, 6) is 1.05. The van der Waals surface area contributed by atoms with Gasteiger partial charge < -0.3 is 14.5 Å². The molecule has 0 saturated heterocycles. The van der Waals surface area contributed by atoms with Gasteiger partial charge in [-0.1, -0.05) is 30.3 Å². The fourth-order valence-electron chi connectivity index (χ4n) is 4.10. The van der Waals surface area contributed by atoms with Crippen molar-refractivity contribution in [2.24, 2.45) is 0 Å². The highest BCUT2D eigenvalue weighted by Gasteiger charge is 2.29. The van der Waals surface area contributed by atoms with Crippen molar-refractivity contribution in [2.75, 3.05) is 5.32 Å². The molecule has 0 aliphatic carbocycles. The van der Waals surface area contributed by atoms with Crippen LogP contribution in [0.1, 0.15) is 5.56 Å². The van der Waals surface area contributed by atoms with Gasteiger partial charge >= 0.3 is 0 Å². The second-order valence-electron chi connectivity index (χ2n) is 7.97. The fraction of sp³-hybridized carbons (Fsp3) is 0.0741. The van der Waals surface area contributed by atoms with Gasteiger partial charge in [-0.25, -0.2) is 9.83 Å². The first kappa shape index (κ1) is 19.1. The normalized spacial score (nSPS) is 14.6. The molecule has 0 bridgehead atoms. The van der Waals surface area contributed by atoms with E-state index in [9.17, 15) is 4.79 Å². The molecule has 1 aromatic heterocycles. The maximum atomic E-state index is 12.8. The number of ether oxygens (including phenoxy) is 1. The van der Waals surface area contributed by atoms with Crippen LogP contribution >= 0.6 is 0 Å². The van der Waals surface area contributed by atoms with Crippen molar-refractivity contribution in [2.45, 2.75) is 12.5 Å². The average molecular weight is 431 g/mol. The van der Waals surface area contributed by atoms with Crippen LogP contribution in [0.2, 0.25) is 0 Å². The molecule has 5 aromatic rings. The first-order valence-corrected chi connectivity index (χ1v) is 10.5. The Morgan fingerprint density at radius 1 is 1.00 bits per heavy atom. The summed E-state index contributed by atoms with van der Waals surface area (Å²) in [5.41, 5.74) is 4.28. The summed E-state index contributed by atoms with van der Waals surface area (Å²) in [6.07, 6.45) is -0.0234. The number of aromatic nitrogens is 1. The average Bonchev–Trinajstić information content (AvgIpc) is 3.46. The minimum Gasteiger partial charge on any atom is -0.480 e. The van der Waals surface area contributed by atoms with Crippen LogP contribution in [0.3, 0.4) is 0 Å². The molecule has 1 unspecified atom stereocenters. The van der Waals surface area contributed by atoms with Crippen LogP contribution < -0.4 is 10.1 Å². The Morgan fingerprint density at radius 2 is 1.79 bits per heavy atom. The molecule has 1 aliphatic heterocycles. The third-order valence-electron chi connectivity index (χ3n) is 5.80. The maximum absolute atomic E-state index is 12.8. The Hall–Kier alpha value is -4.63. The van der Waals surface area contributed by atoms with Crippen LogP contribution in [0.5, 0.6) is 5.75 Å². The van der Waals surface area contributed by atoms with Crippen molar-refractivity contribution in [3.05, 3.63) is 95.8 Å². The molecule has 6 heteroatoms. The molecule has 4 aromatic carbocycles. The van der Waals surface area contributed by atoms with Gasteiger partial charge in [0.2, 0.25) is 5.89 Å². The van der Waals surface area contributed by atoms with Crippen LogP contribution in [-0.4, -0.2) is 17.0 Å². The number of oxazole rings is 1. The lowest BCUT2D eigenvalue weighted by Crippen LogP contribution is -2.31. The van der Waals surface area contributed by atoms with E-state index < -0.39 is 6.10 Å². The molecule has 2 heterocycles. The Kier molecular flexibility index (Phi) is 4.34. The number of fused-ring (bicyclic) bond motifs is 3. The van der Waals surface area contributed by atoms with Crippen LogP contribution in [-0.2, 0) is 11.2 Å². The molecule has 0 fully saturated rings. The molecular formula is C27H17N3O3. The Balaban J connectivity index is 1.17. The lowest BCUT2D eigenvalue weighted by atomic mass is 10.0. The van der Waals surface area contributed by atoms with Gasteiger partial charge in [-0.2, -0.15) is 0 Å². The van der Waals surface area contributed by atoms with E-state index >= 15 is 0 Å². The van der Waals surface area contributed by atoms with Gasteiger partial charge in [-0.05, 0) is 64.9 Å². The first-order chi connectivity index (χ1) is 16.2. The van der Waals surface area contributed by atoms with Gasteiger partial charge in [0.1, 0.15) is 5.75 Å². The number of nitrogens with one attached hydrogen (secondary N) is 1. The summed E-state index contributed by atoms with van der Waals surface area (Å²) in [4.78, 5) is 20.7. The standard InChI is InChI=1S/C27H17N3O3/c1-28-21-10-11-23-22(15-21)30-27(33-23)16-6-8-20(9-7-16)29-26(31)25-14-19-12-17-4-2-3-5-18(17)13-24(19)32-25/h2-13,15,25H,14H2,(H,29,31). The van der Waals surface area contributed by atoms with Crippen molar-refractivity contribution >= 4 is 39.2 Å².